The van der Waals surface area contributed by atoms with Gasteiger partial charge in [-0.15, -0.1) is 0 Å². The number of para-hydroxylation sites is 1. The molecule has 2 saturated heterocycles. The van der Waals surface area contributed by atoms with Crippen LogP contribution in [0.5, 0.6) is 0 Å². The summed E-state index contributed by atoms with van der Waals surface area (Å²) in [5, 5.41) is 1.08. The number of rotatable bonds is 4. The zero-order valence-electron chi connectivity index (χ0n) is 17.2. The minimum absolute atomic E-state index is 0.203. The van der Waals surface area contributed by atoms with Crippen LogP contribution in [0.3, 0.4) is 0 Å². The van der Waals surface area contributed by atoms with Crippen LogP contribution in [0.4, 0.5) is 11.5 Å². The van der Waals surface area contributed by atoms with Crippen molar-refractivity contribution in [2.24, 2.45) is 0 Å². The van der Waals surface area contributed by atoms with E-state index in [2.05, 4.69) is 50.9 Å². The molecule has 0 atom stereocenters. The molecule has 2 aliphatic rings. The van der Waals surface area contributed by atoms with Crippen LogP contribution in [-0.4, -0.2) is 79.6 Å². The largest absolute Gasteiger partial charge is 0.369 e. The second-order valence-corrected chi connectivity index (χ2v) is 8.72. The highest BCUT2D eigenvalue weighted by Gasteiger charge is 2.26. The third-order valence-corrected chi connectivity index (χ3v) is 6.39. The Kier molecular flexibility index (Phi) is 6.66. The highest BCUT2D eigenvalue weighted by atomic mass is 35.5. The fourth-order valence-electron chi connectivity index (χ4n) is 4.16. The standard InChI is InChI=1S/C22H27Cl2N5O/c1-17-4-2-3-5-20(17)27-8-6-26(7-9-27)16-21(30)28-10-12-29(13-11-28)22-19(24)14-18(23)15-25-22/h2-5,14-15H,6-13,16H2,1H3. The van der Waals surface area contributed by atoms with Crippen molar-refractivity contribution in [1.29, 1.82) is 0 Å². The molecule has 6 nitrogen and oxygen atoms in total. The number of aryl methyl sites for hydroxylation is 1. The van der Waals surface area contributed by atoms with E-state index in [4.69, 9.17) is 23.2 Å². The number of pyridine rings is 1. The number of amides is 1. The van der Waals surface area contributed by atoms with E-state index >= 15 is 0 Å². The van der Waals surface area contributed by atoms with Gasteiger partial charge in [-0.25, -0.2) is 4.98 Å². The van der Waals surface area contributed by atoms with Crippen LogP contribution >= 0.6 is 23.2 Å². The van der Waals surface area contributed by atoms with E-state index in [-0.39, 0.29) is 5.91 Å². The molecule has 0 bridgehead atoms. The molecule has 3 heterocycles. The van der Waals surface area contributed by atoms with Crippen molar-refractivity contribution >= 4 is 40.6 Å². The summed E-state index contributed by atoms with van der Waals surface area (Å²) in [6, 6.07) is 10.2. The minimum Gasteiger partial charge on any atom is -0.369 e. The predicted octanol–water partition coefficient (Wildman–Crippen LogP) is 3.17. The maximum Gasteiger partial charge on any atom is 0.236 e. The van der Waals surface area contributed by atoms with Crippen LogP contribution in [-0.2, 0) is 4.79 Å². The fourth-order valence-corrected chi connectivity index (χ4v) is 4.66. The van der Waals surface area contributed by atoms with E-state index in [1.807, 2.05) is 4.90 Å². The maximum atomic E-state index is 12.8. The van der Waals surface area contributed by atoms with Crippen LogP contribution < -0.4 is 9.80 Å². The quantitative estimate of drug-likeness (QED) is 0.719. The summed E-state index contributed by atoms with van der Waals surface area (Å²) in [7, 11) is 0. The summed E-state index contributed by atoms with van der Waals surface area (Å²) in [6.45, 7) is 9.17. The van der Waals surface area contributed by atoms with Gasteiger partial charge in [0.2, 0.25) is 5.91 Å². The lowest BCUT2D eigenvalue weighted by Crippen LogP contribution is -2.54. The number of halogens is 2. The third kappa shape index (κ3) is 4.82. The molecule has 0 saturated carbocycles. The van der Waals surface area contributed by atoms with Crippen molar-refractivity contribution in [3.8, 4) is 0 Å². The first kappa shape index (κ1) is 21.2. The van der Waals surface area contributed by atoms with Crippen LogP contribution in [0.15, 0.2) is 36.5 Å². The van der Waals surface area contributed by atoms with E-state index in [1.54, 1.807) is 12.3 Å². The molecule has 0 unspecified atom stereocenters. The van der Waals surface area contributed by atoms with Crippen LogP contribution in [0, 0.1) is 6.92 Å². The fraction of sp³-hybridized carbons (Fsp3) is 0.455. The van der Waals surface area contributed by atoms with Crippen LogP contribution in [0.2, 0.25) is 10.0 Å². The van der Waals surface area contributed by atoms with Gasteiger partial charge in [0.1, 0.15) is 5.82 Å². The van der Waals surface area contributed by atoms with Gasteiger partial charge in [0, 0.05) is 64.2 Å². The van der Waals surface area contributed by atoms with Gasteiger partial charge in [0.25, 0.3) is 0 Å². The monoisotopic (exact) mass is 447 g/mol. The summed E-state index contributed by atoms with van der Waals surface area (Å²) < 4.78 is 0. The van der Waals surface area contributed by atoms with Gasteiger partial charge in [0.15, 0.2) is 0 Å². The van der Waals surface area contributed by atoms with Gasteiger partial charge in [-0.2, -0.15) is 0 Å². The van der Waals surface area contributed by atoms with Crippen LogP contribution in [0.1, 0.15) is 5.56 Å². The Morgan fingerprint density at radius 1 is 0.967 bits per heavy atom. The molecule has 0 aliphatic carbocycles. The Balaban J connectivity index is 1.25. The van der Waals surface area contributed by atoms with Crippen molar-refractivity contribution in [2.45, 2.75) is 6.92 Å². The second-order valence-electron chi connectivity index (χ2n) is 7.88. The predicted molar refractivity (Wildman–Crippen MR) is 123 cm³/mol. The Hall–Kier alpha value is -2.02. The SMILES string of the molecule is Cc1ccccc1N1CCN(CC(=O)N2CCN(c3ncc(Cl)cc3Cl)CC2)CC1. The number of carbonyl (C=O) groups is 1. The van der Waals surface area contributed by atoms with E-state index in [9.17, 15) is 4.79 Å². The first-order chi connectivity index (χ1) is 14.5. The second kappa shape index (κ2) is 9.41. The molecular weight excluding hydrogens is 421 g/mol. The Labute approximate surface area is 188 Å². The van der Waals surface area contributed by atoms with Crippen molar-refractivity contribution in [3.05, 3.63) is 52.1 Å². The Morgan fingerprint density at radius 2 is 1.63 bits per heavy atom. The number of aromatic nitrogens is 1. The average molecular weight is 448 g/mol. The molecule has 1 aromatic carbocycles. The number of carbonyl (C=O) groups excluding carboxylic acids is 1. The molecular formula is C22H27Cl2N5O. The molecule has 30 heavy (non-hydrogen) atoms. The van der Waals surface area contributed by atoms with Crippen molar-refractivity contribution < 1.29 is 4.79 Å². The smallest absolute Gasteiger partial charge is 0.236 e. The van der Waals surface area contributed by atoms with Gasteiger partial charge < -0.3 is 14.7 Å². The third-order valence-electron chi connectivity index (χ3n) is 5.91. The number of nitrogens with zero attached hydrogens (tertiary/aromatic N) is 5. The van der Waals surface area contributed by atoms with Gasteiger partial charge in [-0.1, -0.05) is 41.4 Å². The number of anilines is 2. The zero-order chi connectivity index (χ0) is 21.1. The molecule has 2 fully saturated rings. The average Bonchev–Trinajstić information content (AvgIpc) is 2.75. The van der Waals surface area contributed by atoms with Gasteiger partial charge in [-0.05, 0) is 24.6 Å². The molecule has 0 N–H and O–H groups in total. The van der Waals surface area contributed by atoms with E-state index in [0.717, 1.165) is 45.1 Å². The van der Waals surface area contributed by atoms with E-state index < -0.39 is 0 Å². The normalized spacial score (nSPS) is 18.0. The number of hydrogen-bond donors (Lipinski definition) is 0. The number of piperazine rings is 2. The molecule has 1 amide bonds. The van der Waals surface area contributed by atoms with Crippen LogP contribution in [0.25, 0.3) is 0 Å². The lowest BCUT2D eigenvalue weighted by Gasteiger charge is -2.39. The van der Waals surface area contributed by atoms with E-state index in [1.165, 1.54) is 11.3 Å². The zero-order valence-corrected chi connectivity index (χ0v) is 18.7. The molecule has 2 aromatic rings. The van der Waals surface area contributed by atoms with Gasteiger partial charge in [-0.3, -0.25) is 9.69 Å². The summed E-state index contributed by atoms with van der Waals surface area (Å²) in [5.74, 6) is 0.939. The summed E-state index contributed by atoms with van der Waals surface area (Å²) in [4.78, 5) is 25.9. The first-order valence-electron chi connectivity index (χ1n) is 10.4. The minimum atomic E-state index is 0.203. The lowest BCUT2D eigenvalue weighted by molar-refractivity contribution is -0.132. The summed E-state index contributed by atoms with van der Waals surface area (Å²) in [5.41, 5.74) is 2.60. The molecule has 0 spiro atoms. The highest BCUT2D eigenvalue weighted by Crippen LogP contribution is 2.27. The maximum absolute atomic E-state index is 12.8. The number of hydrogen-bond acceptors (Lipinski definition) is 5. The first-order valence-corrected chi connectivity index (χ1v) is 11.1. The lowest BCUT2D eigenvalue weighted by atomic mass is 10.1. The Bertz CT molecular complexity index is 893. The van der Waals surface area contributed by atoms with Gasteiger partial charge in [0.05, 0.1) is 16.6 Å². The van der Waals surface area contributed by atoms with E-state index in [0.29, 0.717) is 29.7 Å². The van der Waals surface area contributed by atoms with Crippen molar-refractivity contribution in [1.82, 2.24) is 14.8 Å². The highest BCUT2D eigenvalue weighted by molar-refractivity contribution is 6.36. The topological polar surface area (TPSA) is 42.9 Å². The van der Waals surface area contributed by atoms with Crippen molar-refractivity contribution in [3.63, 3.8) is 0 Å². The number of benzene rings is 1. The summed E-state index contributed by atoms with van der Waals surface area (Å²) >= 11 is 12.2. The van der Waals surface area contributed by atoms with Gasteiger partial charge >= 0.3 is 0 Å². The Morgan fingerprint density at radius 3 is 2.30 bits per heavy atom. The molecule has 1 aromatic heterocycles. The van der Waals surface area contributed by atoms with Crippen molar-refractivity contribution in [2.75, 3.05) is 68.7 Å². The summed E-state index contributed by atoms with van der Waals surface area (Å²) in [6.07, 6.45) is 1.61. The molecule has 0 radical (unpaired) electrons. The molecule has 8 heteroatoms. The molecule has 160 valence electrons. The molecule has 2 aliphatic heterocycles. The molecule has 4 rings (SSSR count).